The quantitative estimate of drug-likeness (QED) is 0.461. The van der Waals surface area contributed by atoms with Gasteiger partial charge in [0, 0.05) is 44.5 Å². The summed E-state index contributed by atoms with van der Waals surface area (Å²) in [6, 6.07) is 15.1. The van der Waals surface area contributed by atoms with Crippen molar-refractivity contribution in [2.45, 2.75) is 38.1 Å². The fourth-order valence-electron chi connectivity index (χ4n) is 7.42. The summed E-state index contributed by atoms with van der Waals surface area (Å²) >= 11 is 0. The van der Waals surface area contributed by atoms with Crippen molar-refractivity contribution >= 4 is 28.8 Å². The number of fused-ring (bicyclic) bond motifs is 1. The highest BCUT2D eigenvalue weighted by Crippen LogP contribution is 2.48. The number of carbonyl (C=O) groups is 2. The first-order chi connectivity index (χ1) is 21.0. The Hall–Kier alpha value is -4.02. The number of aromatic nitrogens is 3. The second kappa shape index (κ2) is 10.3. The molecule has 1 aromatic heterocycles. The molecule has 10 nitrogen and oxygen atoms in total. The number of anilines is 2. The molecule has 0 bridgehead atoms. The predicted octanol–water partition coefficient (Wildman–Crippen LogP) is 3.61. The van der Waals surface area contributed by atoms with Gasteiger partial charge in [-0.05, 0) is 79.5 Å². The highest BCUT2D eigenvalue weighted by atomic mass is 16.2. The maximum Gasteiger partial charge on any atom is 0.237 e. The van der Waals surface area contributed by atoms with Gasteiger partial charge < -0.3 is 15.2 Å². The van der Waals surface area contributed by atoms with Crippen molar-refractivity contribution in [3.63, 3.8) is 0 Å². The first-order valence-corrected chi connectivity index (χ1v) is 15.6. The van der Waals surface area contributed by atoms with Crippen LogP contribution in [0.25, 0.3) is 17.0 Å². The predicted molar refractivity (Wildman–Crippen MR) is 165 cm³/mol. The third-order valence-electron chi connectivity index (χ3n) is 10.1. The van der Waals surface area contributed by atoms with Gasteiger partial charge in [-0.15, -0.1) is 0 Å². The third kappa shape index (κ3) is 4.82. The van der Waals surface area contributed by atoms with E-state index in [1.807, 2.05) is 16.8 Å². The largest absolute Gasteiger partial charge is 0.338 e. The molecule has 1 saturated carbocycles. The van der Waals surface area contributed by atoms with E-state index < -0.39 is 0 Å². The number of hydrogen-bond donors (Lipinski definition) is 2. The number of benzene rings is 2. The summed E-state index contributed by atoms with van der Waals surface area (Å²) in [5.41, 5.74) is 13.2. The Labute approximate surface area is 251 Å². The molecule has 0 radical (unpaired) electrons. The lowest BCUT2D eigenvalue weighted by atomic mass is 9.85. The van der Waals surface area contributed by atoms with E-state index in [0.29, 0.717) is 38.1 Å². The molecule has 5 heterocycles. The van der Waals surface area contributed by atoms with Crippen LogP contribution in [0.3, 0.4) is 0 Å². The van der Waals surface area contributed by atoms with E-state index in [0.717, 1.165) is 55.1 Å². The molecule has 2 saturated heterocycles. The Kier molecular flexibility index (Phi) is 6.38. The summed E-state index contributed by atoms with van der Waals surface area (Å²) in [5, 5.41) is 4.38. The van der Waals surface area contributed by atoms with Gasteiger partial charge in [-0.25, -0.2) is 10.4 Å². The minimum absolute atomic E-state index is 0.149. The Bertz CT molecular complexity index is 1610. The average Bonchev–Trinajstić information content (AvgIpc) is 3.31. The highest BCUT2D eigenvalue weighted by Gasteiger charge is 2.51. The number of aryl methyl sites for hydroxylation is 1. The van der Waals surface area contributed by atoms with Crippen LogP contribution in [0.4, 0.5) is 11.4 Å². The van der Waals surface area contributed by atoms with Gasteiger partial charge in [0.25, 0.3) is 0 Å². The van der Waals surface area contributed by atoms with Crippen molar-refractivity contribution in [1.29, 1.82) is 0 Å². The highest BCUT2D eigenvalue weighted by molar-refractivity contribution is 6.00. The van der Waals surface area contributed by atoms with Crippen molar-refractivity contribution in [3.05, 3.63) is 66.0 Å². The summed E-state index contributed by atoms with van der Waals surface area (Å²) in [7, 11) is 1.86. The normalized spacial score (nSPS) is 25.4. The minimum atomic E-state index is -0.377. The number of rotatable bonds is 6. The van der Waals surface area contributed by atoms with E-state index in [1.165, 1.54) is 29.5 Å². The van der Waals surface area contributed by atoms with Gasteiger partial charge in [0.2, 0.25) is 11.8 Å². The van der Waals surface area contributed by atoms with Crippen molar-refractivity contribution in [2.75, 3.05) is 49.6 Å². The Balaban J connectivity index is 0.872. The van der Waals surface area contributed by atoms with E-state index in [4.69, 9.17) is 0 Å². The molecule has 43 heavy (non-hydrogen) atoms. The van der Waals surface area contributed by atoms with Crippen LogP contribution in [0.5, 0.6) is 0 Å². The van der Waals surface area contributed by atoms with E-state index in [1.54, 1.807) is 11.0 Å². The average molecular weight is 579 g/mol. The van der Waals surface area contributed by atoms with Crippen molar-refractivity contribution in [2.24, 2.45) is 18.4 Å². The summed E-state index contributed by atoms with van der Waals surface area (Å²) in [5.74, 6) is 1.78. The second-order valence-electron chi connectivity index (χ2n) is 12.9. The Morgan fingerprint density at radius 2 is 1.86 bits per heavy atom. The fourth-order valence-corrected chi connectivity index (χ4v) is 7.42. The molecule has 5 aliphatic rings. The monoisotopic (exact) mass is 578 g/mol. The summed E-state index contributed by atoms with van der Waals surface area (Å²) in [6.45, 7) is 3.91. The molecule has 1 unspecified atom stereocenters. The molecule has 3 aromatic rings. The summed E-state index contributed by atoms with van der Waals surface area (Å²) in [4.78, 5) is 37.6. The van der Waals surface area contributed by atoms with Crippen LogP contribution < -0.4 is 15.8 Å². The molecular weight excluding hydrogens is 540 g/mol. The molecule has 1 spiro atoms. The van der Waals surface area contributed by atoms with Crippen LogP contribution in [0, 0.1) is 11.3 Å². The maximum atomic E-state index is 13.8. The summed E-state index contributed by atoms with van der Waals surface area (Å²) in [6.07, 6.45) is 8.90. The minimum Gasteiger partial charge on any atom is -0.338 e. The van der Waals surface area contributed by atoms with Crippen molar-refractivity contribution in [1.82, 2.24) is 30.0 Å². The molecule has 2 aromatic carbocycles. The van der Waals surface area contributed by atoms with Gasteiger partial charge in [0.1, 0.15) is 6.33 Å². The van der Waals surface area contributed by atoms with Crippen LogP contribution in [0.2, 0.25) is 0 Å². The second-order valence-corrected chi connectivity index (χ2v) is 12.9. The zero-order chi connectivity index (χ0) is 29.1. The van der Waals surface area contributed by atoms with Crippen LogP contribution in [0.1, 0.15) is 49.3 Å². The van der Waals surface area contributed by atoms with E-state index in [9.17, 15) is 9.59 Å². The lowest BCUT2D eigenvalue weighted by Gasteiger charge is -2.29. The molecule has 8 rings (SSSR count). The van der Waals surface area contributed by atoms with Crippen LogP contribution in [-0.2, 0) is 16.6 Å². The topological polar surface area (TPSA) is 98.6 Å². The van der Waals surface area contributed by atoms with Crippen LogP contribution in [0.15, 0.2) is 54.9 Å². The Morgan fingerprint density at radius 1 is 1.05 bits per heavy atom. The lowest BCUT2D eigenvalue weighted by Crippen LogP contribution is -2.43. The van der Waals surface area contributed by atoms with Gasteiger partial charge in [-0.2, -0.15) is 5.10 Å². The third-order valence-corrected chi connectivity index (χ3v) is 10.1. The van der Waals surface area contributed by atoms with Gasteiger partial charge in [0.15, 0.2) is 5.82 Å². The molecule has 10 heteroatoms. The van der Waals surface area contributed by atoms with Gasteiger partial charge in [-0.1, -0.05) is 30.3 Å². The number of carbonyl (C=O) groups excluding carboxylic acids is 2. The fraction of sp³-hybridized carbons (Fsp3) is 0.455. The lowest BCUT2D eigenvalue weighted by molar-refractivity contribution is -0.132. The van der Waals surface area contributed by atoms with E-state index in [-0.39, 0.29) is 17.2 Å². The molecule has 3 fully saturated rings. The molecular formula is C33H38N8O2. The number of nitrogens with zero attached hydrogens (tertiary/aromatic N) is 6. The van der Waals surface area contributed by atoms with Crippen LogP contribution >= 0.6 is 0 Å². The Morgan fingerprint density at radius 3 is 2.60 bits per heavy atom. The number of nitrogens with one attached hydrogen (secondary N) is 2. The molecule has 2 atom stereocenters. The zero-order valence-corrected chi connectivity index (χ0v) is 24.6. The number of likely N-dealkylation sites (tertiary alicyclic amines) is 1. The first-order valence-electron chi connectivity index (χ1n) is 15.6. The standard InChI is InChI=1S/C33H38N8O2/c1-38-21-34-31(37-38)25-6-2-22(3-7-25)23-10-14-40(15-11-23)29(42)19-39-16-12-33(20-39)13-17-41(32(33)43)26-8-9-28-27(18-26)30(36-35-28)24-4-5-24/h2-3,6-10,18,21,24,30,35-36H,4-5,11-17,19-20H2,1H3/t30?,33-/m0/s1. The van der Waals surface area contributed by atoms with Gasteiger partial charge >= 0.3 is 0 Å². The first kappa shape index (κ1) is 26.6. The molecule has 2 amide bonds. The van der Waals surface area contributed by atoms with Gasteiger partial charge in [0.05, 0.1) is 23.7 Å². The zero-order valence-electron chi connectivity index (χ0n) is 24.6. The van der Waals surface area contributed by atoms with E-state index >= 15 is 0 Å². The van der Waals surface area contributed by atoms with Crippen molar-refractivity contribution < 1.29 is 9.59 Å². The van der Waals surface area contributed by atoms with Gasteiger partial charge in [-0.3, -0.25) is 19.2 Å². The van der Waals surface area contributed by atoms with Crippen molar-refractivity contribution in [3.8, 4) is 11.4 Å². The smallest absolute Gasteiger partial charge is 0.237 e. The molecule has 1 aliphatic carbocycles. The molecule has 4 aliphatic heterocycles. The number of amides is 2. The SMILES string of the molecule is Cn1cnc(-c2ccc(C3=CCN(C(=O)CN4CC[C@]5(CCN(c6ccc7c(c6)C(C6CC6)NN7)C5=O)C4)CC3)cc2)n1. The molecule has 222 valence electrons. The summed E-state index contributed by atoms with van der Waals surface area (Å²) < 4.78 is 1.70. The van der Waals surface area contributed by atoms with E-state index in [2.05, 4.69) is 74.4 Å². The number of hydrogen-bond acceptors (Lipinski definition) is 7. The molecule has 2 N–H and O–H groups in total. The maximum absolute atomic E-state index is 13.8. The number of hydrazine groups is 1. The van der Waals surface area contributed by atoms with Crippen LogP contribution in [-0.4, -0.2) is 75.6 Å².